The zero-order chi connectivity index (χ0) is 14.4. The maximum atomic E-state index is 13.9. The molecule has 4 heteroatoms. The SMILES string of the molecule is N#Cc1ccc(NCCCc2ccccc2)c(F)c1Br. The molecular weight excluding hydrogens is 319 g/mol. The predicted molar refractivity (Wildman–Crippen MR) is 82.1 cm³/mol. The highest BCUT2D eigenvalue weighted by Gasteiger charge is 2.10. The van der Waals surface area contributed by atoms with Crippen LogP contribution in [-0.2, 0) is 6.42 Å². The molecule has 0 heterocycles. The number of nitriles is 1. The van der Waals surface area contributed by atoms with Gasteiger partial charge in [-0.25, -0.2) is 4.39 Å². The molecule has 20 heavy (non-hydrogen) atoms. The van der Waals surface area contributed by atoms with Gasteiger partial charge in [-0.05, 0) is 46.5 Å². The number of halogens is 2. The fourth-order valence-electron chi connectivity index (χ4n) is 1.93. The van der Waals surface area contributed by atoms with Crippen molar-refractivity contribution in [1.29, 1.82) is 5.26 Å². The summed E-state index contributed by atoms with van der Waals surface area (Å²) < 4.78 is 14.2. The van der Waals surface area contributed by atoms with Gasteiger partial charge >= 0.3 is 0 Å². The molecule has 0 aromatic heterocycles. The van der Waals surface area contributed by atoms with Crippen LogP contribution in [0.25, 0.3) is 0 Å². The summed E-state index contributed by atoms with van der Waals surface area (Å²) in [5, 5.41) is 11.9. The molecule has 1 N–H and O–H groups in total. The predicted octanol–water partition coefficient (Wildman–Crippen LogP) is 4.50. The molecular formula is C16H14BrFN2. The minimum Gasteiger partial charge on any atom is -0.383 e. The normalized spacial score (nSPS) is 10.1. The van der Waals surface area contributed by atoms with Crippen molar-refractivity contribution in [1.82, 2.24) is 0 Å². The van der Waals surface area contributed by atoms with E-state index >= 15 is 0 Å². The molecule has 2 rings (SSSR count). The molecule has 0 saturated heterocycles. The summed E-state index contributed by atoms with van der Waals surface area (Å²) in [4.78, 5) is 0. The number of anilines is 1. The average Bonchev–Trinajstić information content (AvgIpc) is 2.49. The number of aryl methyl sites for hydroxylation is 1. The third-order valence-corrected chi connectivity index (χ3v) is 3.78. The molecule has 102 valence electrons. The zero-order valence-corrected chi connectivity index (χ0v) is 12.5. The molecule has 0 fully saturated rings. The molecule has 0 aliphatic carbocycles. The summed E-state index contributed by atoms with van der Waals surface area (Å²) in [5.74, 6) is -0.413. The van der Waals surface area contributed by atoms with Crippen molar-refractivity contribution >= 4 is 21.6 Å². The summed E-state index contributed by atoms with van der Waals surface area (Å²) in [7, 11) is 0. The van der Waals surface area contributed by atoms with E-state index in [1.165, 1.54) is 5.56 Å². The van der Waals surface area contributed by atoms with Crippen LogP contribution < -0.4 is 5.32 Å². The van der Waals surface area contributed by atoms with Crippen LogP contribution in [0.3, 0.4) is 0 Å². The van der Waals surface area contributed by atoms with Gasteiger partial charge in [0.2, 0.25) is 0 Å². The van der Waals surface area contributed by atoms with Crippen molar-refractivity contribution in [2.24, 2.45) is 0 Å². The maximum Gasteiger partial charge on any atom is 0.161 e. The average molecular weight is 333 g/mol. The van der Waals surface area contributed by atoms with Crippen molar-refractivity contribution in [2.45, 2.75) is 12.8 Å². The minimum absolute atomic E-state index is 0.216. The lowest BCUT2D eigenvalue weighted by Crippen LogP contribution is -2.05. The van der Waals surface area contributed by atoms with Crippen molar-refractivity contribution in [3.8, 4) is 6.07 Å². The summed E-state index contributed by atoms with van der Waals surface area (Å²) in [5.41, 5.74) is 2.00. The van der Waals surface area contributed by atoms with Gasteiger partial charge in [0.05, 0.1) is 15.7 Å². The fourth-order valence-corrected chi connectivity index (χ4v) is 2.37. The highest BCUT2D eigenvalue weighted by Crippen LogP contribution is 2.26. The van der Waals surface area contributed by atoms with E-state index < -0.39 is 5.82 Å². The summed E-state index contributed by atoms with van der Waals surface area (Å²) in [6, 6.07) is 15.3. The van der Waals surface area contributed by atoms with Crippen LogP contribution >= 0.6 is 15.9 Å². The van der Waals surface area contributed by atoms with Crippen molar-refractivity contribution in [3.63, 3.8) is 0 Å². The third-order valence-electron chi connectivity index (χ3n) is 3.00. The van der Waals surface area contributed by atoms with Crippen LogP contribution in [0.4, 0.5) is 10.1 Å². The molecule has 0 unspecified atom stereocenters. The molecule has 0 aliphatic rings. The van der Waals surface area contributed by atoms with Gasteiger partial charge in [0.15, 0.2) is 5.82 Å². The molecule has 0 amide bonds. The van der Waals surface area contributed by atoms with Gasteiger partial charge in [-0.3, -0.25) is 0 Å². The van der Waals surface area contributed by atoms with Crippen LogP contribution in [0.2, 0.25) is 0 Å². The maximum absolute atomic E-state index is 13.9. The number of nitrogens with zero attached hydrogens (tertiary/aromatic N) is 1. The van der Waals surface area contributed by atoms with E-state index in [4.69, 9.17) is 5.26 Å². The monoisotopic (exact) mass is 332 g/mol. The second-order valence-corrected chi connectivity index (χ2v) is 5.21. The van der Waals surface area contributed by atoms with Crippen molar-refractivity contribution in [2.75, 3.05) is 11.9 Å². The van der Waals surface area contributed by atoms with Gasteiger partial charge in [0.25, 0.3) is 0 Å². The lowest BCUT2D eigenvalue weighted by atomic mass is 10.1. The van der Waals surface area contributed by atoms with E-state index in [1.807, 2.05) is 24.3 Å². The number of hydrogen-bond donors (Lipinski definition) is 1. The Labute approximate surface area is 126 Å². The van der Waals surface area contributed by atoms with Crippen molar-refractivity contribution in [3.05, 3.63) is 63.9 Å². The molecule has 0 aliphatic heterocycles. The topological polar surface area (TPSA) is 35.8 Å². The Bertz CT molecular complexity index is 620. The molecule has 0 radical (unpaired) electrons. The third kappa shape index (κ3) is 3.58. The van der Waals surface area contributed by atoms with E-state index in [-0.39, 0.29) is 4.47 Å². The van der Waals surface area contributed by atoms with E-state index in [0.717, 1.165) is 12.8 Å². The van der Waals surface area contributed by atoms with Crippen LogP contribution in [0.1, 0.15) is 17.5 Å². The molecule has 2 nitrogen and oxygen atoms in total. The van der Waals surface area contributed by atoms with E-state index in [0.29, 0.717) is 17.8 Å². The molecule has 2 aromatic rings. The minimum atomic E-state index is -0.413. The lowest BCUT2D eigenvalue weighted by molar-refractivity contribution is 0.622. The number of benzene rings is 2. The first-order chi connectivity index (χ1) is 9.72. The Kier molecular flexibility index (Phi) is 5.14. The molecule has 0 bridgehead atoms. The Morgan fingerprint density at radius 2 is 1.90 bits per heavy atom. The Hall–Kier alpha value is -1.86. The van der Waals surface area contributed by atoms with Crippen LogP contribution in [0, 0.1) is 17.1 Å². The van der Waals surface area contributed by atoms with Gasteiger partial charge in [-0.15, -0.1) is 0 Å². The van der Waals surface area contributed by atoms with Crippen LogP contribution in [0.5, 0.6) is 0 Å². The van der Waals surface area contributed by atoms with E-state index in [1.54, 1.807) is 12.1 Å². The first-order valence-corrected chi connectivity index (χ1v) is 7.17. The molecule has 0 atom stereocenters. The molecule has 2 aromatic carbocycles. The summed E-state index contributed by atoms with van der Waals surface area (Å²) in [6.45, 7) is 0.685. The van der Waals surface area contributed by atoms with Gasteiger partial charge in [-0.2, -0.15) is 5.26 Å². The number of rotatable bonds is 5. The summed E-state index contributed by atoms with van der Waals surface area (Å²) >= 11 is 3.10. The Balaban J connectivity index is 1.89. The van der Waals surface area contributed by atoms with Gasteiger partial charge < -0.3 is 5.32 Å². The first kappa shape index (κ1) is 14.5. The fraction of sp³-hybridized carbons (Fsp3) is 0.188. The number of hydrogen-bond acceptors (Lipinski definition) is 2. The van der Waals surface area contributed by atoms with Crippen LogP contribution in [0.15, 0.2) is 46.9 Å². The largest absolute Gasteiger partial charge is 0.383 e. The standard InChI is InChI=1S/C16H14BrFN2/c17-15-13(11-19)8-9-14(16(15)18)20-10-4-7-12-5-2-1-3-6-12/h1-3,5-6,8-9,20H,4,7,10H2. The second kappa shape index (κ2) is 7.06. The van der Waals surface area contributed by atoms with E-state index in [9.17, 15) is 4.39 Å². The molecule has 0 saturated carbocycles. The second-order valence-electron chi connectivity index (χ2n) is 4.42. The smallest absolute Gasteiger partial charge is 0.161 e. The van der Waals surface area contributed by atoms with E-state index in [2.05, 4.69) is 33.4 Å². The number of nitrogens with one attached hydrogen (secondary N) is 1. The zero-order valence-electron chi connectivity index (χ0n) is 10.9. The van der Waals surface area contributed by atoms with Crippen LogP contribution in [-0.4, -0.2) is 6.54 Å². The quantitative estimate of drug-likeness (QED) is 0.818. The highest BCUT2D eigenvalue weighted by molar-refractivity contribution is 9.10. The van der Waals surface area contributed by atoms with Crippen molar-refractivity contribution < 1.29 is 4.39 Å². The van der Waals surface area contributed by atoms with Gasteiger partial charge in [0, 0.05) is 6.54 Å². The Morgan fingerprint density at radius 3 is 2.60 bits per heavy atom. The van der Waals surface area contributed by atoms with Gasteiger partial charge in [0.1, 0.15) is 6.07 Å². The lowest BCUT2D eigenvalue weighted by Gasteiger charge is -2.09. The molecule has 0 spiro atoms. The highest BCUT2D eigenvalue weighted by atomic mass is 79.9. The Morgan fingerprint density at radius 1 is 1.15 bits per heavy atom. The first-order valence-electron chi connectivity index (χ1n) is 6.38. The van der Waals surface area contributed by atoms with Gasteiger partial charge in [-0.1, -0.05) is 30.3 Å². The summed E-state index contributed by atoms with van der Waals surface area (Å²) in [6.07, 6.45) is 1.87.